The zero-order chi connectivity index (χ0) is 20.1. The number of benzene rings is 2. The maximum Gasteiger partial charge on any atom is 0.161 e. The molecule has 156 valence electrons. The van der Waals surface area contributed by atoms with Gasteiger partial charge in [0.2, 0.25) is 0 Å². The molecular formula is C24H32N2O3. The van der Waals surface area contributed by atoms with Gasteiger partial charge in [-0.1, -0.05) is 30.3 Å². The highest BCUT2D eigenvalue weighted by atomic mass is 16.6. The lowest BCUT2D eigenvalue weighted by Crippen LogP contribution is -2.47. The predicted molar refractivity (Wildman–Crippen MR) is 115 cm³/mol. The summed E-state index contributed by atoms with van der Waals surface area (Å²) in [6.45, 7) is 6.54. The number of likely N-dealkylation sites (tertiary alicyclic amines) is 1. The Morgan fingerprint density at radius 1 is 1.00 bits per heavy atom. The third-order valence-corrected chi connectivity index (χ3v) is 5.87. The molecule has 0 aliphatic carbocycles. The topological polar surface area (TPSA) is 54.0 Å². The molecule has 0 bridgehead atoms. The van der Waals surface area contributed by atoms with Gasteiger partial charge in [0.15, 0.2) is 11.5 Å². The van der Waals surface area contributed by atoms with Crippen molar-refractivity contribution in [2.24, 2.45) is 0 Å². The predicted octanol–water partition coefficient (Wildman–Crippen LogP) is 2.92. The minimum absolute atomic E-state index is 0.176. The maximum absolute atomic E-state index is 10.8. The Hall–Kier alpha value is -2.08. The molecule has 1 fully saturated rings. The summed E-state index contributed by atoms with van der Waals surface area (Å²) in [5.41, 5.74) is 3.61. The third-order valence-electron chi connectivity index (χ3n) is 5.87. The summed E-state index contributed by atoms with van der Waals surface area (Å²) in [5, 5.41) is 14.3. The number of fused-ring (bicyclic) bond motifs is 1. The van der Waals surface area contributed by atoms with Gasteiger partial charge in [0.05, 0.1) is 0 Å². The van der Waals surface area contributed by atoms with E-state index in [1.807, 2.05) is 18.2 Å². The molecule has 0 amide bonds. The molecule has 0 spiro atoms. The van der Waals surface area contributed by atoms with E-state index in [-0.39, 0.29) is 6.04 Å². The largest absolute Gasteiger partial charge is 0.486 e. The molecule has 2 unspecified atom stereocenters. The highest BCUT2D eigenvalue weighted by molar-refractivity contribution is 5.44. The van der Waals surface area contributed by atoms with Gasteiger partial charge in [-0.2, -0.15) is 0 Å². The SMILES string of the molecule is Cc1ccccc1CC(O)NC(Cc1ccc2c(c1)OCCO2)CN1CCCC1. The molecule has 2 N–H and O–H groups in total. The molecule has 2 aliphatic heterocycles. The van der Waals surface area contributed by atoms with Crippen molar-refractivity contribution >= 4 is 0 Å². The van der Waals surface area contributed by atoms with Gasteiger partial charge in [-0.05, 0) is 68.1 Å². The van der Waals surface area contributed by atoms with Crippen LogP contribution in [0.3, 0.4) is 0 Å². The first kappa shape index (κ1) is 20.2. The van der Waals surface area contributed by atoms with Crippen molar-refractivity contribution in [1.82, 2.24) is 10.2 Å². The molecule has 29 heavy (non-hydrogen) atoms. The van der Waals surface area contributed by atoms with Crippen molar-refractivity contribution in [1.29, 1.82) is 0 Å². The van der Waals surface area contributed by atoms with Crippen LogP contribution in [0.1, 0.15) is 29.5 Å². The van der Waals surface area contributed by atoms with Crippen LogP contribution in [0.5, 0.6) is 11.5 Å². The zero-order valence-electron chi connectivity index (χ0n) is 17.3. The molecule has 2 atom stereocenters. The van der Waals surface area contributed by atoms with E-state index in [0.717, 1.165) is 37.6 Å². The number of ether oxygens (including phenoxy) is 2. The summed E-state index contributed by atoms with van der Waals surface area (Å²) in [6, 6.07) is 14.6. The number of hydrogen-bond acceptors (Lipinski definition) is 5. The molecule has 2 aromatic carbocycles. The Labute approximate surface area is 173 Å². The summed E-state index contributed by atoms with van der Waals surface area (Å²) >= 11 is 0. The minimum atomic E-state index is -0.569. The number of nitrogens with zero attached hydrogens (tertiary/aromatic N) is 1. The molecule has 2 aliphatic rings. The fourth-order valence-electron chi connectivity index (χ4n) is 4.33. The lowest BCUT2D eigenvalue weighted by molar-refractivity contribution is 0.112. The van der Waals surface area contributed by atoms with Crippen molar-refractivity contribution in [3.63, 3.8) is 0 Å². The van der Waals surface area contributed by atoms with Gasteiger partial charge in [0.1, 0.15) is 19.4 Å². The average Bonchev–Trinajstić information content (AvgIpc) is 3.22. The molecule has 2 heterocycles. The second-order valence-electron chi connectivity index (χ2n) is 8.20. The van der Waals surface area contributed by atoms with Crippen LogP contribution in [-0.2, 0) is 12.8 Å². The van der Waals surface area contributed by atoms with E-state index < -0.39 is 6.23 Å². The summed E-state index contributed by atoms with van der Waals surface area (Å²) < 4.78 is 11.4. The van der Waals surface area contributed by atoms with Crippen molar-refractivity contribution < 1.29 is 14.6 Å². The number of aryl methyl sites for hydroxylation is 1. The van der Waals surface area contributed by atoms with E-state index in [4.69, 9.17) is 9.47 Å². The Balaban J connectivity index is 1.43. The minimum Gasteiger partial charge on any atom is -0.486 e. The molecule has 5 heteroatoms. The van der Waals surface area contributed by atoms with E-state index in [0.29, 0.717) is 19.6 Å². The van der Waals surface area contributed by atoms with Gasteiger partial charge in [-0.15, -0.1) is 0 Å². The highest BCUT2D eigenvalue weighted by Crippen LogP contribution is 2.31. The monoisotopic (exact) mass is 396 g/mol. The number of hydrogen-bond donors (Lipinski definition) is 2. The van der Waals surface area contributed by atoms with E-state index >= 15 is 0 Å². The Bertz CT molecular complexity index is 804. The molecular weight excluding hydrogens is 364 g/mol. The number of nitrogens with one attached hydrogen (secondary N) is 1. The van der Waals surface area contributed by atoms with Crippen LogP contribution < -0.4 is 14.8 Å². The third kappa shape index (κ3) is 5.50. The number of aliphatic hydroxyl groups excluding tert-OH is 1. The standard InChI is InChI=1S/C24H32N2O3/c1-18-6-2-3-7-20(18)16-24(27)25-21(17-26-10-4-5-11-26)14-19-8-9-22-23(15-19)29-13-12-28-22/h2-3,6-9,15,21,24-25,27H,4-5,10-14,16-17H2,1H3. The first-order chi connectivity index (χ1) is 14.2. The quantitative estimate of drug-likeness (QED) is 0.672. The van der Waals surface area contributed by atoms with Crippen LogP contribution >= 0.6 is 0 Å². The normalized spacial score (nSPS) is 18.6. The molecule has 5 nitrogen and oxygen atoms in total. The highest BCUT2D eigenvalue weighted by Gasteiger charge is 2.21. The molecule has 2 aromatic rings. The Kier molecular flexibility index (Phi) is 6.70. The molecule has 0 radical (unpaired) electrons. The van der Waals surface area contributed by atoms with Gasteiger partial charge < -0.3 is 19.5 Å². The Morgan fingerprint density at radius 2 is 1.76 bits per heavy atom. The maximum atomic E-state index is 10.8. The Morgan fingerprint density at radius 3 is 2.55 bits per heavy atom. The van der Waals surface area contributed by atoms with Crippen LogP contribution in [0.15, 0.2) is 42.5 Å². The van der Waals surface area contributed by atoms with Gasteiger partial charge in [0.25, 0.3) is 0 Å². The summed E-state index contributed by atoms with van der Waals surface area (Å²) in [6.07, 6.45) is 3.42. The fourth-order valence-corrected chi connectivity index (χ4v) is 4.33. The van der Waals surface area contributed by atoms with E-state index in [2.05, 4.69) is 41.4 Å². The first-order valence-corrected chi connectivity index (χ1v) is 10.8. The van der Waals surface area contributed by atoms with Crippen LogP contribution in [0, 0.1) is 6.92 Å². The van der Waals surface area contributed by atoms with E-state index in [9.17, 15) is 5.11 Å². The number of aliphatic hydroxyl groups is 1. The summed E-state index contributed by atoms with van der Waals surface area (Å²) in [4.78, 5) is 2.50. The van der Waals surface area contributed by atoms with Crippen LogP contribution in [-0.4, -0.2) is 55.1 Å². The second kappa shape index (κ2) is 9.61. The van der Waals surface area contributed by atoms with Crippen LogP contribution in [0.4, 0.5) is 0 Å². The smallest absolute Gasteiger partial charge is 0.161 e. The average molecular weight is 397 g/mol. The lowest BCUT2D eigenvalue weighted by Gasteiger charge is -2.28. The van der Waals surface area contributed by atoms with E-state index in [1.54, 1.807) is 0 Å². The van der Waals surface area contributed by atoms with Gasteiger partial charge >= 0.3 is 0 Å². The molecule has 0 saturated carbocycles. The van der Waals surface area contributed by atoms with Crippen molar-refractivity contribution in [2.75, 3.05) is 32.8 Å². The fraction of sp³-hybridized carbons (Fsp3) is 0.500. The molecule has 1 saturated heterocycles. The molecule has 0 aromatic heterocycles. The van der Waals surface area contributed by atoms with Crippen LogP contribution in [0.2, 0.25) is 0 Å². The zero-order valence-corrected chi connectivity index (χ0v) is 17.3. The van der Waals surface area contributed by atoms with E-state index in [1.165, 1.54) is 29.5 Å². The van der Waals surface area contributed by atoms with Crippen molar-refractivity contribution in [3.8, 4) is 11.5 Å². The van der Waals surface area contributed by atoms with Crippen molar-refractivity contribution in [2.45, 2.75) is 44.9 Å². The van der Waals surface area contributed by atoms with Gasteiger partial charge in [-0.25, -0.2) is 0 Å². The first-order valence-electron chi connectivity index (χ1n) is 10.8. The number of rotatable bonds is 8. The summed E-state index contributed by atoms with van der Waals surface area (Å²) in [5.74, 6) is 1.65. The van der Waals surface area contributed by atoms with Gasteiger partial charge in [-0.3, -0.25) is 5.32 Å². The van der Waals surface area contributed by atoms with Gasteiger partial charge in [0, 0.05) is 19.0 Å². The second-order valence-corrected chi connectivity index (χ2v) is 8.20. The lowest BCUT2D eigenvalue weighted by atomic mass is 10.0. The summed E-state index contributed by atoms with van der Waals surface area (Å²) in [7, 11) is 0. The molecule has 4 rings (SSSR count). The van der Waals surface area contributed by atoms with Crippen LogP contribution in [0.25, 0.3) is 0 Å². The van der Waals surface area contributed by atoms with Crippen molar-refractivity contribution in [3.05, 3.63) is 59.2 Å².